The summed E-state index contributed by atoms with van der Waals surface area (Å²) in [6.07, 6.45) is 21.8. The fourth-order valence-electron chi connectivity index (χ4n) is 4.99. The lowest BCUT2D eigenvalue weighted by Gasteiger charge is -2.49. The molecule has 0 aromatic carbocycles. The molecule has 0 spiro atoms. The van der Waals surface area contributed by atoms with E-state index in [1.807, 2.05) is 0 Å². The minimum Gasteiger partial charge on any atom is -0.544 e. The van der Waals surface area contributed by atoms with Crippen LogP contribution in [0.15, 0.2) is 12.2 Å². The van der Waals surface area contributed by atoms with Gasteiger partial charge in [0.1, 0.15) is 6.04 Å². The molecule has 3 atom stereocenters. The summed E-state index contributed by atoms with van der Waals surface area (Å²) in [5.74, 6) is -3.82. The molecule has 0 rings (SSSR count). The Kier molecular flexibility index (Phi) is 18.3. The Bertz CT molecular complexity index is 583. The lowest BCUT2D eigenvalue weighted by atomic mass is 10.00. The average Bonchev–Trinajstić information content (AvgIpc) is 2.82. The van der Waals surface area contributed by atoms with Crippen LogP contribution < -0.4 is 5.11 Å². The van der Waals surface area contributed by atoms with Gasteiger partial charge >= 0.3 is 11.9 Å². The highest BCUT2D eigenvalue weighted by Crippen LogP contribution is 2.27. The molecule has 35 heavy (non-hydrogen) atoms. The fraction of sp³-hybridized carbons (Fsp3) is 0.821. The van der Waals surface area contributed by atoms with Gasteiger partial charge < -0.3 is 20.1 Å². The molecule has 0 aliphatic carbocycles. The van der Waals surface area contributed by atoms with Crippen molar-refractivity contribution in [3.05, 3.63) is 12.2 Å². The van der Waals surface area contributed by atoms with E-state index in [1.54, 1.807) is 0 Å². The normalized spacial score (nSPS) is 16.0. The fourth-order valence-corrected chi connectivity index (χ4v) is 4.99. The van der Waals surface area contributed by atoms with Gasteiger partial charge in [0.2, 0.25) is 0 Å². The quantitative estimate of drug-likeness (QED) is 0.112. The van der Waals surface area contributed by atoms with E-state index in [2.05, 4.69) is 19.1 Å². The monoisotopic (exact) mass is 497 g/mol. The maximum absolute atomic E-state index is 11.8. The van der Waals surface area contributed by atoms with E-state index >= 15 is 0 Å². The van der Waals surface area contributed by atoms with E-state index in [-0.39, 0.29) is 6.54 Å². The molecule has 0 aliphatic heterocycles. The summed E-state index contributed by atoms with van der Waals surface area (Å²) < 4.78 is -0.540. The lowest BCUT2D eigenvalue weighted by Crippen LogP contribution is -2.72. The highest BCUT2D eigenvalue weighted by molar-refractivity contribution is 5.76. The minimum absolute atomic E-state index is 0.184. The maximum atomic E-state index is 11.8. The number of carboxylic acids is 3. The molecule has 204 valence electrons. The molecule has 0 fully saturated rings. The van der Waals surface area contributed by atoms with Gasteiger partial charge in [-0.25, -0.2) is 9.59 Å². The highest BCUT2D eigenvalue weighted by Gasteiger charge is 2.50. The molecule has 7 nitrogen and oxygen atoms in total. The predicted octanol–water partition coefficient (Wildman–Crippen LogP) is 5.32. The maximum Gasteiger partial charge on any atom is 0.362 e. The summed E-state index contributed by atoms with van der Waals surface area (Å²) in [6, 6.07) is -3.55. The molecule has 0 radical (unpaired) electrons. The van der Waals surface area contributed by atoms with Crippen molar-refractivity contribution in [2.24, 2.45) is 0 Å². The van der Waals surface area contributed by atoms with E-state index < -0.39 is 40.5 Å². The van der Waals surface area contributed by atoms with Gasteiger partial charge in [0.05, 0.1) is 12.5 Å². The van der Waals surface area contributed by atoms with Crippen LogP contribution in [0.25, 0.3) is 0 Å². The third-order valence-electron chi connectivity index (χ3n) is 7.53. The summed E-state index contributed by atoms with van der Waals surface area (Å²) in [5, 5.41) is 30.9. The first kappa shape index (κ1) is 33.1. The first-order valence-electron chi connectivity index (χ1n) is 13.8. The number of aliphatic carboxylic acids is 3. The number of unbranched alkanes of at least 4 members (excludes halogenated alkanes) is 13. The zero-order chi connectivity index (χ0) is 26.7. The molecule has 0 saturated carbocycles. The van der Waals surface area contributed by atoms with Gasteiger partial charge in [0.15, 0.2) is 12.1 Å². The number of carbonyl (C=O) groups excluding carboxylic acids is 1. The van der Waals surface area contributed by atoms with Crippen LogP contribution in [-0.4, -0.2) is 57.3 Å². The Labute approximate surface area is 213 Å². The van der Waals surface area contributed by atoms with Crippen molar-refractivity contribution in [1.82, 2.24) is 0 Å². The summed E-state index contributed by atoms with van der Waals surface area (Å²) in [6.45, 7) is 6.55. The van der Waals surface area contributed by atoms with Crippen LogP contribution in [0.1, 0.15) is 124 Å². The summed E-state index contributed by atoms with van der Waals surface area (Å²) in [5.41, 5.74) is 0. The molecule has 2 N–H and O–H groups in total. The van der Waals surface area contributed by atoms with Crippen LogP contribution in [0.3, 0.4) is 0 Å². The molecule has 0 aromatic heterocycles. The van der Waals surface area contributed by atoms with Gasteiger partial charge in [-0.15, -0.1) is 0 Å². The summed E-state index contributed by atoms with van der Waals surface area (Å²) in [7, 11) is 0. The van der Waals surface area contributed by atoms with Crippen LogP contribution >= 0.6 is 0 Å². The molecular weight excluding hydrogens is 446 g/mol. The van der Waals surface area contributed by atoms with Crippen molar-refractivity contribution in [2.75, 3.05) is 6.54 Å². The van der Waals surface area contributed by atoms with E-state index in [4.69, 9.17) is 0 Å². The first-order valence-corrected chi connectivity index (χ1v) is 13.8. The zero-order valence-corrected chi connectivity index (χ0v) is 22.7. The second kappa shape index (κ2) is 19.3. The van der Waals surface area contributed by atoms with E-state index in [0.717, 1.165) is 25.7 Å². The van der Waals surface area contributed by atoms with E-state index in [1.165, 1.54) is 85.0 Å². The molecule has 0 aromatic rings. The number of hydrogen-bond donors (Lipinski definition) is 2. The average molecular weight is 498 g/mol. The Morgan fingerprint density at radius 2 is 1.03 bits per heavy atom. The zero-order valence-electron chi connectivity index (χ0n) is 22.7. The van der Waals surface area contributed by atoms with Crippen molar-refractivity contribution in [3.63, 3.8) is 0 Å². The van der Waals surface area contributed by atoms with Crippen LogP contribution in [-0.2, 0) is 14.4 Å². The van der Waals surface area contributed by atoms with Crippen LogP contribution in [0.4, 0.5) is 0 Å². The standard InChI is InChI=1S/C28H51NO6/c1-5-6-7-8-9-10-11-12-13-14-15-16-17-18-19-20-21-22-29(23(2)26(30)31,24(3)27(32)33)25(4)28(34)35/h8-9,23-25H,5-7,10-22H2,1-4H3,(H2-,30,31,32,33,34,35)/b9-8+. The van der Waals surface area contributed by atoms with Gasteiger partial charge in [-0.1, -0.05) is 83.3 Å². The largest absolute Gasteiger partial charge is 0.544 e. The number of quaternary nitrogens is 1. The van der Waals surface area contributed by atoms with Crippen molar-refractivity contribution < 1.29 is 34.2 Å². The van der Waals surface area contributed by atoms with Crippen molar-refractivity contribution in [3.8, 4) is 0 Å². The minimum atomic E-state index is -1.42. The van der Waals surface area contributed by atoms with E-state index in [9.17, 15) is 29.7 Å². The number of allylic oxidation sites excluding steroid dienone is 2. The predicted molar refractivity (Wildman–Crippen MR) is 138 cm³/mol. The molecule has 7 heteroatoms. The topological polar surface area (TPSA) is 115 Å². The van der Waals surface area contributed by atoms with Gasteiger partial charge in [-0.05, 0) is 52.9 Å². The molecular formula is C28H51NO6. The number of carboxylic acid groups (broad SMARTS) is 3. The third-order valence-corrected chi connectivity index (χ3v) is 7.53. The van der Waals surface area contributed by atoms with Gasteiger partial charge in [0, 0.05) is 0 Å². The van der Waals surface area contributed by atoms with Crippen molar-refractivity contribution >= 4 is 17.9 Å². The molecule has 0 heterocycles. The lowest BCUT2D eigenvalue weighted by molar-refractivity contribution is -0.969. The molecule has 0 aliphatic rings. The number of rotatable bonds is 23. The molecule has 0 saturated heterocycles. The Balaban J connectivity index is 4.26. The Morgan fingerprint density at radius 3 is 1.40 bits per heavy atom. The highest BCUT2D eigenvalue weighted by atomic mass is 16.4. The Hall–Kier alpha value is -1.89. The summed E-state index contributed by atoms with van der Waals surface area (Å²) in [4.78, 5) is 35.2. The van der Waals surface area contributed by atoms with Gasteiger partial charge in [0.25, 0.3) is 0 Å². The molecule has 3 unspecified atom stereocenters. The second-order valence-corrected chi connectivity index (χ2v) is 10.0. The molecule has 0 amide bonds. The van der Waals surface area contributed by atoms with Crippen molar-refractivity contribution in [1.29, 1.82) is 0 Å². The SMILES string of the molecule is CCCC/C=C/CCCCCCCCCCCCC[N+](C(C)C(=O)[O-])(C(C)C(=O)O)C(C)C(=O)O. The second-order valence-electron chi connectivity index (χ2n) is 10.0. The molecule has 0 bridgehead atoms. The number of hydrogen-bond acceptors (Lipinski definition) is 4. The van der Waals surface area contributed by atoms with Crippen LogP contribution in [0, 0.1) is 0 Å². The smallest absolute Gasteiger partial charge is 0.362 e. The first-order chi connectivity index (χ1) is 16.6. The van der Waals surface area contributed by atoms with Crippen LogP contribution in [0.5, 0.6) is 0 Å². The number of carbonyl (C=O) groups is 3. The number of nitrogens with zero attached hydrogens (tertiary/aromatic N) is 1. The van der Waals surface area contributed by atoms with Gasteiger partial charge in [-0.3, -0.25) is 4.48 Å². The third kappa shape index (κ3) is 12.6. The van der Waals surface area contributed by atoms with Crippen LogP contribution in [0.2, 0.25) is 0 Å². The van der Waals surface area contributed by atoms with E-state index in [0.29, 0.717) is 6.42 Å². The summed E-state index contributed by atoms with van der Waals surface area (Å²) >= 11 is 0. The Morgan fingerprint density at radius 1 is 0.657 bits per heavy atom. The van der Waals surface area contributed by atoms with Crippen molar-refractivity contribution in [2.45, 2.75) is 142 Å². The van der Waals surface area contributed by atoms with Gasteiger partial charge in [-0.2, -0.15) is 0 Å².